The van der Waals surface area contributed by atoms with E-state index in [1.807, 2.05) is 41.5 Å². The number of sulfone groups is 1. The number of rotatable bonds is 34. The second-order valence-corrected chi connectivity index (χ2v) is 14.5. The van der Waals surface area contributed by atoms with Crippen LogP contribution >= 0.6 is 0 Å². The van der Waals surface area contributed by atoms with Crippen LogP contribution in [-0.4, -0.2) is 70.5 Å². The first-order valence-corrected chi connectivity index (χ1v) is 20.4. The van der Waals surface area contributed by atoms with Crippen LogP contribution in [0.3, 0.4) is 0 Å². The lowest BCUT2D eigenvalue weighted by Crippen LogP contribution is -2.64. The minimum atomic E-state index is -3.58. The average molecular weight is 667 g/mol. The number of unbranched alkanes of at least 4 members (excludes halogenated alkanes) is 13. The van der Waals surface area contributed by atoms with Gasteiger partial charge in [-0.25, -0.2) is 8.42 Å². The van der Waals surface area contributed by atoms with E-state index in [-0.39, 0.29) is 5.75 Å². The van der Waals surface area contributed by atoms with Gasteiger partial charge in [-0.2, -0.15) is 0 Å². The Morgan fingerprint density at radius 2 is 0.711 bits per heavy atom. The van der Waals surface area contributed by atoms with Crippen LogP contribution in [0.5, 0.6) is 0 Å². The van der Waals surface area contributed by atoms with E-state index in [9.17, 15) is 8.42 Å². The second kappa shape index (κ2) is 26.6. The Kier molecular flexibility index (Phi) is 26.5. The molecule has 0 rings (SSSR count). The Bertz CT molecular complexity index is 741. The Morgan fingerprint density at radius 3 is 1.02 bits per heavy atom. The van der Waals surface area contributed by atoms with Crippen molar-refractivity contribution in [2.24, 2.45) is 0 Å². The standard InChI is InChI=1S/C36H74O8S/c1-9-17-18-19-25-28-31-34(45(37,38)16-8,36(42-13-5,43-14-6)44-15-7)32-29-26-23-21-20-22-24-27-30-33-35(39-10-2,40-11-3)41-12-4/h9-33H2,1-8H3. The van der Waals surface area contributed by atoms with Gasteiger partial charge in [-0.3, -0.25) is 0 Å². The molecule has 0 aliphatic heterocycles. The van der Waals surface area contributed by atoms with Crippen molar-refractivity contribution in [3.8, 4) is 0 Å². The summed E-state index contributed by atoms with van der Waals surface area (Å²) in [4.78, 5) is 0. The summed E-state index contributed by atoms with van der Waals surface area (Å²) in [5.41, 5.74) is 0. The van der Waals surface area contributed by atoms with Crippen LogP contribution < -0.4 is 0 Å². The van der Waals surface area contributed by atoms with E-state index in [0.29, 0.717) is 52.5 Å². The molecule has 1 unspecified atom stereocenters. The molecular weight excluding hydrogens is 592 g/mol. The van der Waals surface area contributed by atoms with Gasteiger partial charge in [0.05, 0.1) is 0 Å². The minimum Gasteiger partial charge on any atom is -0.328 e. The predicted molar refractivity (Wildman–Crippen MR) is 186 cm³/mol. The molecular formula is C36H74O8S. The summed E-state index contributed by atoms with van der Waals surface area (Å²) in [6.07, 6.45) is 18.0. The van der Waals surface area contributed by atoms with Crippen LogP contribution in [0.15, 0.2) is 0 Å². The highest BCUT2D eigenvalue weighted by Gasteiger charge is 2.62. The van der Waals surface area contributed by atoms with E-state index < -0.39 is 26.5 Å². The van der Waals surface area contributed by atoms with Crippen molar-refractivity contribution in [2.45, 2.75) is 188 Å². The largest absolute Gasteiger partial charge is 0.328 e. The Hall–Kier alpha value is -0.290. The SMILES string of the molecule is CCCCCCCCC(CCCCCCCCCCCC(OCC)(OCC)OCC)(C(OCC)(OCC)OCC)S(=O)(=O)CC. The van der Waals surface area contributed by atoms with Crippen molar-refractivity contribution in [1.29, 1.82) is 0 Å². The number of hydrogen-bond donors (Lipinski definition) is 0. The molecule has 9 heteroatoms. The fourth-order valence-electron chi connectivity index (χ4n) is 6.48. The number of ether oxygens (including phenoxy) is 6. The van der Waals surface area contributed by atoms with Crippen LogP contribution in [-0.2, 0) is 38.3 Å². The second-order valence-electron chi connectivity index (χ2n) is 11.9. The fourth-order valence-corrected chi connectivity index (χ4v) is 8.50. The molecule has 0 amide bonds. The molecule has 0 N–H and O–H groups in total. The quantitative estimate of drug-likeness (QED) is 0.0495. The van der Waals surface area contributed by atoms with Crippen LogP contribution in [0, 0.1) is 0 Å². The lowest BCUT2D eigenvalue weighted by Gasteiger charge is -2.47. The van der Waals surface area contributed by atoms with Crippen LogP contribution in [0.25, 0.3) is 0 Å². The molecule has 272 valence electrons. The van der Waals surface area contributed by atoms with Crippen molar-refractivity contribution in [1.82, 2.24) is 0 Å². The maximum atomic E-state index is 14.1. The summed E-state index contributed by atoms with van der Waals surface area (Å²) < 4.78 is 63.1. The zero-order valence-electron chi connectivity index (χ0n) is 30.9. The molecule has 0 saturated heterocycles. The minimum absolute atomic E-state index is 0.0403. The zero-order chi connectivity index (χ0) is 33.9. The summed E-state index contributed by atoms with van der Waals surface area (Å²) in [5, 5.41) is 0. The van der Waals surface area contributed by atoms with E-state index in [0.717, 1.165) is 64.2 Å². The van der Waals surface area contributed by atoms with E-state index >= 15 is 0 Å². The summed E-state index contributed by atoms with van der Waals surface area (Å²) in [5.74, 6) is -2.45. The molecule has 0 aromatic rings. The zero-order valence-corrected chi connectivity index (χ0v) is 31.7. The molecule has 0 aromatic carbocycles. The Labute approximate surface area is 279 Å². The van der Waals surface area contributed by atoms with Gasteiger partial charge < -0.3 is 28.4 Å². The predicted octanol–water partition coefficient (Wildman–Crippen LogP) is 9.73. The van der Waals surface area contributed by atoms with Gasteiger partial charge >= 0.3 is 5.97 Å². The van der Waals surface area contributed by atoms with Gasteiger partial charge in [0.15, 0.2) is 14.6 Å². The van der Waals surface area contributed by atoms with Gasteiger partial charge in [0.1, 0.15) is 0 Å². The summed E-state index contributed by atoms with van der Waals surface area (Å²) in [6.45, 7) is 18.2. The third-order valence-electron chi connectivity index (χ3n) is 8.63. The van der Waals surface area contributed by atoms with E-state index in [2.05, 4.69) is 6.92 Å². The summed E-state index contributed by atoms with van der Waals surface area (Å²) in [6, 6.07) is 0. The Balaban J connectivity index is 5.21. The molecule has 0 aromatic heterocycles. The van der Waals surface area contributed by atoms with Crippen molar-refractivity contribution in [3.63, 3.8) is 0 Å². The molecule has 8 nitrogen and oxygen atoms in total. The first-order chi connectivity index (χ1) is 21.7. The van der Waals surface area contributed by atoms with E-state index in [1.165, 1.54) is 38.5 Å². The van der Waals surface area contributed by atoms with Crippen LogP contribution in [0.2, 0.25) is 0 Å². The average Bonchev–Trinajstić information content (AvgIpc) is 3.01. The molecule has 0 aliphatic carbocycles. The van der Waals surface area contributed by atoms with Gasteiger partial charge in [0.25, 0.3) is 5.97 Å². The van der Waals surface area contributed by atoms with Crippen molar-refractivity contribution < 1.29 is 36.8 Å². The molecule has 45 heavy (non-hydrogen) atoms. The monoisotopic (exact) mass is 667 g/mol. The summed E-state index contributed by atoms with van der Waals surface area (Å²) in [7, 11) is -3.58. The maximum absolute atomic E-state index is 14.1. The van der Waals surface area contributed by atoms with Crippen molar-refractivity contribution >= 4 is 9.84 Å². The Morgan fingerprint density at radius 1 is 0.400 bits per heavy atom. The normalized spacial score (nSPS) is 14.2. The molecule has 1 atom stereocenters. The summed E-state index contributed by atoms with van der Waals surface area (Å²) >= 11 is 0. The van der Waals surface area contributed by atoms with Crippen molar-refractivity contribution in [2.75, 3.05) is 45.4 Å². The first-order valence-electron chi connectivity index (χ1n) is 18.8. The third-order valence-corrected chi connectivity index (χ3v) is 11.2. The van der Waals surface area contributed by atoms with Gasteiger partial charge in [-0.1, -0.05) is 104 Å². The van der Waals surface area contributed by atoms with Crippen LogP contribution in [0.1, 0.15) is 171 Å². The maximum Gasteiger partial charge on any atom is 0.303 e. The van der Waals surface area contributed by atoms with Gasteiger partial charge in [0.2, 0.25) is 0 Å². The molecule has 0 aliphatic rings. The van der Waals surface area contributed by atoms with Crippen LogP contribution in [0.4, 0.5) is 0 Å². The molecule has 0 bridgehead atoms. The highest BCUT2D eigenvalue weighted by Crippen LogP contribution is 2.45. The van der Waals surface area contributed by atoms with Gasteiger partial charge in [-0.05, 0) is 60.8 Å². The van der Waals surface area contributed by atoms with Gasteiger partial charge in [0, 0.05) is 51.8 Å². The lowest BCUT2D eigenvalue weighted by atomic mass is 9.90. The smallest absolute Gasteiger partial charge is 0.303 e. The topological polar surface area (TPSA) is 89.5 Å². The highest BCUT2D eigenvalue weighted by molar-refractivity contribution is 7.92. The first kappa shape index (κ1) is 44.7. The van der Waals surface area contributed by atoms with E-state index in [1.54, 1.807) is 6.92 Å². The molecule has 0 radical (unpaired) electrons. The van der Waals surface area contributed by atoms with E-state index in [4.69, 9.17) is 28.4 Å². The fraction of sp³-hybridized carbons (Fsp3) is 1.00. The number of hydrogen-bond acceptors (Lipinski definition) is 8. The molecule has 0 saturated carbocycles. The molecule has 0 heterocycles. The lowest BCUT2D eigenvalue weighted by molar-refractivity contribution is -0.395. The van der Waals surface area contributed by atoms with Crippen molar-refractivity contribution in [3.05, 3.63) is 0 Å². The molecule has 0 spiro atoms. The third kappa shape index (κ3) is 15.6. The van der Waals surface area contributed by atoms with Gasteiger partial charge in [-0.15, -0.1) is 0 Å². The highest BCUT2D eigenvalue weighted by atomic mass is 32.2. The molecule has 0 fully saturated rings.